The van der Waals surface area contributed by atoms with Gasteiger partial charge in [0.2, 0.25) is 5.91 Å². The van der Waals surface area contributed by atoms with Crippen molar-refractivity contribution in [3.63, 3.8) is 0 Å². The number of para-hydroxylation sites is 1. The normalized spacial score (nSPS) is 13.4. The maximum absolute atomic E-state index is 11.6. The van der Waals surface area contributed by atoms with Gasteiger partial charge in [0.1, 0.15) is 6.61 Å². The number of carbonyl (C=O) groups excluding carboxylic acids is 1. The third kappa shape index (κ3) is 5.02. The highest BCUT2D eigenvalue weighted by Gasteiger charge is 2.12. The van der Waals surface area contributed by atoms with Crippen molar-refractivity contribution in [2.45, 2.75) is 19.3 Å². The van der Waals surface area contributed by atoms with E-state index in [1.165, 1.54) is 23.2 Å². The number of nitrogens with one attached hydrogen (secondary N) is 2. The molecular formula is C16H24N2O3. The lowest BCUT2D eigenvalue weighted by Crippen LogP contribution is -2.30. The Labute approximate surface area is 126 Å². The van der Waals surface area contributed by atoms with E-state index >= 15 is 0 Å². The second-order valence-electron chi connectivity index (χ2n) is 5.13. The molecule has 2 rings (SSSR count). The van der Waals surface area contributed by atoms with Crippen LogP contribution in [0.1, 0.15) is 17.5 Å². The number of hydrogen-bond acceptors (Lipinski definition) is 4. The van der Waals surface area contributed by atoms with Gasteiger partial charge in [0, 0.05) is 25.9 Å². The SMILES string of the molecule is COCCOCC(=O)NCCc1cccc2c1NCCC2. The lowest BCUT2D eigenvalue weighted by molar-refractivity contribution is -0.126. The van der Waals surface area contributed by atoms with E-state index in [4.69, 9.17) is 9.47 Å². The number of anilines is 1. The molecule has 0 atom stereocenters. The van der Waals surface area contributed by atoms with Crippen LogP contribution >= 0.6 is 0 Å². The smallest absolute Gasteiger partial charge is 0.246 e. The van der Waals surface area contributed by atoms with Gasteiger partial charge in [-0.1, -0.05) is 18.2 Å². The molecule has 1 heterocycles. The van der Waals surface area contributed by atoms with Crippen LogP contribution < -0.4 is 10.6 Å². The Balaban J connectivity index is 1.72. The Kier molecular flexibility index (Phi) is 6.50. The predicted octanol–water partition coefficient (Wildman–Crippen LogP) is 1.37. The maximum atomic E-state index is 11.6. The highest BCUT2D eigenvalue weighted by atomic mass is 16.5. The summed E-state index contributed by atoms with van der Waals surface area (Å²) in [7, 11) is 1.61. The van der Waals surface area contributed by atoms with Crippen LogP contribution in [0.5, 0.6) is 0 Å². The Bertz CT molecular complexity index is 463. The summed E-state index contributed by atoms with van der Waals surface area (Å²) in [6.07, 6.45) is 3.15. The molecule has 0 saturated heterocycles. The van der Waals surface area contributed by atoms with Crippen molar-refractivity contribution in [2.24, 2.45) is 0 Å². The van der Waals surface area contributed by atoms with Gasteiger partial charge >= 0.3 is 0 Å². The van der Waals surface area contributed by atoms with Crippen molar-refractivity contribution >= 4 is 11.6 Å². The first kappa shape index (κ1) is 15.8. The molecule has 116 valence electrons. The lowest BCUT2D eigenvalue weighted by Gasteiger charge is -2.21. The van der Waals surface area contributed by atoms with Crippen LogP contribution in [-0.2, 0) is 27.1 Å². The Hall–Kier alpha value is -1.59. The van der Waals surface area contributed by atoms with E-state index in [1.807, 2.05) is 0 Å². The average molecular weight is 292 g/mol. The number of benzene rings is 1. The van der Waals surface area contributed by atoms with Gasteiger partial charge in [-0.25, -0.2) is 0 Å². The predicted molar refractivity (Wildman–Crippen MR) is 82.7 cm³/mol. The fraction of sp³-hybridized carbons (Fsp3) is 0.562. The standard InChI is InChI=1S/C16H24N2O3/c1-20-10-11-21-12-15(19)17-9-7-14-5-2-4-13-6-3-8-18-16(13)14/h2,4-5,18H,3,6-12H2,1H3,(H,17,19). The van der Waals surface area contributed by atoms with Crippen LogP contribution in [0, 0.1) is 0 Å². The number of rotatable bonds is 8. The third-order valence-electron chi connectivity index (χ3n) is 3.54. The highest BCUT2D eigenvalue weighted by Crippen LogP contribution is 2.26. The van der Waals surface area contributed by atoms with E-state index in [-0.39, 0.29) is 12.5 Å². The Morgan fingerprint density at radius 1 is 1.38 bits per heavy atom. The molecule has 0 spiro atoms. The van der Waals surface area contributed by atoms with E-state index in [9.17, 15) is 4.79 Å². The first-order chi connectivity index (χ1) is 10.3. The van der Waals surface area contributed by atoms with Crippen molar-refractivity contribution in [1.29, 1.82) is 0 Å². The van der Waals surface area contributed by atoms with Crippen molar-refractivity contribution in [1.82, 2.24) is 5.32 Å². The van der Waals surface area contributed by atoms with Crippen LogP contribution in [0.4, 0.5) is 5.69 Å². The molecule has 1 aliphatic rings. The maximum Gasteiger partial charge on any atom is 0.246 e. The van der Waals surface area contributed by atoms with Crippen molar-refractivity contribution in [3.8, 4) is 0 Å². The summed E-state index contributed by atoms with van der Waals surface area (Å²) >= 11 is 0. The molecule has 0 radical (unpaired) electrons. The van der Waals surface area contributed by atoms with E-state index in [1.54, 1.807) is 7.11 Å². The number of fused-ring (bicyclic) bond motifs is 1. The molecular weight excluding hydrogens is 268 g/mol. The molecule has 1 aliphatic heterocycles. The Morgan fingerprint density at radius 2 is 2.29 bits per heavy atom. The largest absolute Gasteiger partial charge is 0.385 e. The number of amides is 1. The van der Waals surface area contributed by atoms with Gasteiger partial charge in [0.15, 0.2) is 0 Å². The first-order valence-electron chi connectivity index (χ1n) is 7.49. The monoisotopic (exact) mass is 292 g/mol. The van der Waals surface area contributed by atoms with Crippen LogP contribution in [0.2, 0.25) is 0 Å². The van der Waals surface area contributed by atoms with Gasteiger partial charge in [-0.15, -0.1) is 0 Å². The molecule has 0 aliphatic carbocycles. The fourth-order valence-corrected chi connectivity index (χ4v) is 2.48. The molecule has 0 unspecified atom stereocenters. The lowest BCUT2D eigenvalue weighted by atomic mass is 9.98. The van der Waals surface area contributed by atoms with Gasteiger partial charge in [0.05, 0.1) is 13.2 Å². The quantitative estimate of drug-likeness (QED) is 0.710. The van der Waals surface area contributed by atoms with Crippen LogP contribution in [0.25, 0.3) is 0 Å². The Morgan fingerprint density at radius 3 is 3.14 bits per heavy atom. The van der Waals surface area contributed by atoms with E-state index in [2.05, 4.69) is 28.8 Å². The molecule has 1 aromatic rings. The van der Waals surface area contributed by atoms with E-state index < -0.39 is 0 Å². The first-order valence-corrected chi connectivity index (χ1v) is 7.49. The van der Waals surface area contributed by atoms with Gasteiger partial charge in [-0.2, -0.15) is 0 Å². The number of hydrogen-bond donors (Lipinski definition) is 2. The molecule has 5 nitrogen and oxygen atoms in total. The summed E-state index contributed by atoms with van der Waals surface area (Å²) in [5, 5.41) is 6.35. The molecule has 0 aromatic heterocycles. The summed E-state index contributed by atoms with van der Waals surface area (Å²) in [5.74, 6) is -0.0798. The molecule has 5 heteroatoms. The molecule has 1 aromatic carbocycles. The molecule has 0 bridgehead atoms. The molecule has 0 saturated carbocycles. The van der Waals surface area contributed by atoms with Crippen molar-refractivity contribution < 1.29 is 14.3 Å². The molecule has 21 heavy (non-hydrogen) atoms. The minimum absolute atomic E-state index is 0.0798. The fourth-order valence-electron chi connectivity index (χ4n) is 2.48. The van der Waals surface area contributed by atoms with E-state index in [0.717, 1.165) is 19.4 Å². The second kappa shape index (κ2) is 8.64. The summed E-state index contributed by atoms with van der Waals surface area (Å²) < 4.78 is 10.0. The second-order valence-corrected chi connectivity index (χ2v) is 5.13. The average Bonchev–Trinajstić information content (AvgIpc) is 2.52. The topological polar surface area (TPSA) is 59.6 Å². The van der Waals surface area contributed by atoms with Crippen LogP contribution in [-0.4, -0.2) is 45.9 Å². The number of carbonyl (C=O) groups is 1. The minimum atomic E-state index is -0.0798. The minimum Gasteiger partial charge on any atom is -0.385 e. The summed E-state index contributed by atoms with van der Waals surface area (Å²) in [6, 6.07) is 6.39. The van der Waals surface area contributed by atoms with Gasteiger partial charge in [0.25, 0.3) is 0 Å². The van der Waals surface area contributed by atoms with Gasteiger partial charge in [-0.3, -0.25) is 4.79 Å². The van der Waals surface area contributed by atoms with Crippen molar-refractivity contribution in [2.75, 3.05) is 45.3 Å². The van der Waals surface area contributed by atoms with Gasteiger partial charge in [-0.05, 0) is 30.4 Å². The number of ether oxygens (including phenoxy) is 2. The summed E-state index contributed by atoms with van der Waals surface area (Å²) in [4.78, 5) is 11.6. The molecule has 1 amide bonds. The zero-order valence-corrected chi connectivity index (χ0v) is 12.6. The van der Waals surface area contributed by atoms with Crippen LogP contribution in [0.15, 0.2) is 18.2 Å². The molecule has 0 fully saturated rings. The number of aryl methyl sites for hydroxylation is 1. The highest BCUT2D eigenvalue weighted by molar-refractivity contribution is 5.77. The van der Waals surface area contributed by atoms with E-state index in [0.29, 0.717) is 19.8 Å². The summed E-state index contributed by atoms with van der Waals surface area (Å²) in [5.41, 5.74) is 3.91. The third-order valence-corrected chi connectivity index (χ3v) is 3.54. The number of methoxy groups -OCH3 is 1. The van der Waals surface area contributed by atoms with Crippen molar-refractivity contribution in [3.05, 3.63) is 29.3 Å². The molecule has 2 N–H and O–H groups in total. The zero-order chi connectivity index (χ0) is 14.9. The van der Waals surface area contributed by atoms with Crippen LogP contribution in [0.3, 0.4) is 0 Å². The summed E-state index contributed by atoms with van der Waals surface area (Å²) in [6.45, 7) is 2.71. The van der Waals surface area contributed by atoms with Gasteiger partial charge < -0.3 is 20.1 Å². The zero-order valence-electron chi connectivity index (χ0n) is 12.6.